The van der Waals surface area contributed by atoms with Gasteiger partial charge in [-0.15, -0.1) is 10.2 Å². The molecule has 2 aromatic rings. The van der Waals surface area contributed by atoms with Crippen molar-refractivity contribution in [2.45, 2.75) is 58.7 Å². The van der Waals surface area contributed by atoms with Gasteiger partial charge >= 0.3 is 0 Å². The highest BCUT2D eigenvalue weighted by atomic mass is 15.3. The molecule has 0 fully saturated rings. The maximum absolute atomic E-state index is 4.90. The highest BCUT2D eigenvalue weighted by Gasteiger charge is 2.19. The Hall–Kier alpha value is -2.37. The van der Waals surface area contributed by atoms with Gasteiger partial charge in [-0.25, -0.2) is 4.99 Å². The molecule has 0 radical (unpaired) electrons. The Balaban J connectivity index is 1.51. The van der Waals surface area contributed by atoms with E-state index < -0.39 is 0 Å². The van der Waals surface area contributed by atoms with Crippen molar-refractivity contribution in [3.8, 4) is 0 Å². The van der Waals surface area contributed by atoms with E-state index in [4.69, 9.17) is 4.99 Å². The zero-order chi connectivity index (χ0) is 17.8. The van der Waals surface area contributed by atoms with Crippen LogP contribution in [-0.2, 0) is 32.5 Å². The van der Waals surface area contributed by atoms with Crippen LogP contribution in [0.25, 0.3) is 0 Å². The largest absolute Gasteiger partial charge is 0.356 e. The minimum absolute atomic E-state index is 0.591. The first-order chi connectivity index (χ1) is 12.8. The number of nitrogens with zero attached hydrogens (tertiary/aromatic N) is 5. The summed E-state index contributed by atoms with van der Waals surface area (Å²) in [6.07, 6.45) is 5.82. The molecule has 1 aromatic carbocycles. The Morgan fingerprint density at radius 1 is 1.08 bits per heavy atom. The number of aromatic nitrogens is 3. The van der Waals surface area contributed by atoms with Gasteiger partial charge in [-0.1, -0.05) is 30.7 Å². The Labute approximate surface area is 155 Å². The van der Waals surface area contributed by atoms with Gasteiger partial charge in [0.1, 0.15) is 12.4 Å². The van der Waals surface area contributed by atoms with E-state index in [2.05, 4.69) is 56.2 Å². The van der Waals surface area contributed by atoms with Crippen LogP contribution >= 0.6 is 0 Å². The molecule has 0 bridgehead atoms. The number of nitrogens with one attached hydrogen (secondary N) is 1. The number of hydrogen-bond acceptors (Lipinski definition) is 3. The maximum Gasteiger partial charge on any atom is 0.194 e. The summed E-state index contributed by atoms with van der Waals surface area (Å²) < 4.78 is 2.28. The first kappa shape index (κ1) is 17.1. The quantitative estimate of drug-likeness (QED) is 0.681. The van der Waals surface area contributed by atoms with Crippen LogP contribution in [0.1, 0.15) is 49.0 Å². The number of fused-ring (bicyclic) bond motifs is 2. The van der Waals surface area contributed by atoms with Gasteiger partial charge in [0.25, 0.3) is 0 Å². The molecule has 0 saturated carbocycles. The van der Waals surface area contributed by atoms with Gasteiger partial charge in [-0.3, -0.25) is 0 Å². The summed E-state index contributed by atoms with van der Waals surface area (Å²) in [7, 11) is 0. The Morgan fingerprint density at radius 2 is 1.96 bits per heavy atom. The fourth-order valence-electron chi connectivity index (χ4n) is 3.91. The first-order valence-corrected chi connectivity index (χ1v) is 9.86. The number of guanidine groups is 1. The molecule has 26 heavy (non-hydrogen) atoms. The third kappa shape index (κ3) is 3.59. The van der Waals surface area contributed by atoms with Crippen LogP contribution in [0.3, 0.4) is 0 Å². The molecule has 2 aliphatic heterocycles. The molecule has 0 spiro atoms. The second-order valence-corrected chi connectivity index (χ2v) is 7.11. The number of rotatable bonds is 3. The number of aliphatic imine (C=N–C) groups is 1. The van der Waals surface area contributed by atoms with Gasteiger partial charge in [-0.05, 0) is 37.3 Å². The molecule has 6 heteroatoms. The van der Waals surface area contributed by atoms with Crippen LogP contribution in [0.2, 0.25) is 0 Å². The molecule has 138 valence electrons. The Morgan fingerprint density at radius 3 is 2.85 bits per heavy atom. The van der Waals surface area contributed by atoms with Crippen molar-refractivity contribution in [2.24, 2.45) is 4.99 Å². The van der Waals surface area contributed by atoms with Crippen molar-refractivity contribution in [1.29, 1.82) is 0 Å². The topological polar surface area (TPSA) is 58.3 Å². The first-order valence-electron chi connectivity index (χ1n) is 9.86. The van der Waals surface area contributed by atoms with Crippen LogP contribution in [0.5, 0.6) is 0 Å². The van der Waals surface area contributed by atoms with E-state index in [9.17, 15) is 0 Å². The lowest BCUT2D eigenvalue weighted by Gasteiger charge is -2.31. The van der Waals surface area contributed by atoms with E-state index in [-0.39, 0.29) is 0 Å². The molecule has 1 aromatic heterocycles. The van der Waals surface area contributed by atoms with E-state index in [1.165, 1.54) is 30.4 Å². The summed E-state index contributed by atoms with van der Waals surface area (Å²) in [6.45, 7) is 6.53. The third-order valence-corrected chi connectivity index (χ3v) is 5.32. The van der Waals surface area contributed by atoms with Crippen molar-refractivity contribution in [3.63, 3.8) is 0 Å². The molecular formula is C20H28N6. The highest BCUT2D eigenvalue weighted by molar-refractivity contribution is 5.80. The predicted molar refractivity (Wildman–Crippen MR) is 103 cm³/mol. The van der Waals surface area contributed by atoms with Gasteiger partial charge in [0.2, 0.25) is 0 Å². The molecule has 6 nitrogen and oxygen atoms in total. The normalized spacial score (nSPS) is 17.4. The Kier molecular flexibility index (Phi) is 5.18. The fraction of sp³-hybridized carbons (Fsp3) is 0.550. The smallest absolute Gasteiger partial charge is 0.194 e. The highest BCUT2D eigenvalue weighted by Crippen LogP contribution is 2.19. The lowest BCUT2D eigenvalue weighted by Crippen LogP contribution is -2.44. The molecule has 4 rings (SSSR count). The van der Waals surface area contributed by atoms with E-state index in [1.807, 2.05) is 0 Å². The molecule has 0 atom stereocenters. The van der Waals surface area contributed by atoms with Gasteiger partial charge in [0, 0.05) is 32.6 Å². The summed E-state index contributed by atoms with van der Waals surface area (Å²) in [6, 6.07) is 8.72. The Bertz CT molecular complexity index is 778. The summed E-state index contributed by atoms with van der Waals surface area (Å²) in [5.41, 5.74) is 2.86. The molecular weight excluding hydrogens is 324 g/mol. The van der Waals surface area contributed by atoms with Crippen molar-refractivity contribution < 1.29 is 0 Å². The lowest BCUT2D eigenvalue weighted by atomic mass is 10.0. The fourth-order valence-corrected chi connectivity index (χ4v) is 3.91. The van der Waals surface area contributed by atoms with Gasteiger partial charge in [0.05, 0.1) is 0 Å². The van der Waals surface area contributed by atoms with Crippen LogP contribution in [0.4, 0.5) is 0 Å². The third-order valence-electron chi connectivity index (χ3n) is 5.32. The molecule has 0 aliphatic carbocycles. The summed E-state index contributed by atoms with van der Waals surface area (Å²) >= 11 is 0. The zero-order valence-electron chi connectivity index (χ0n) is 15.6. The standard InChI is InChI=1S/C20H28N6/c1-2-21-20(25-13-11-16-8-5-6-9-17(16)15-25)22-14-19-24-23-18-10-4-3-7-12-26(18)19/h5-6,8-9H,2-4,7,10-15H2,1H3,(H,21,22). The second-order valence-electron chi connectivity index (χ2n) is 7.11. The van der Waals surface area contributed by atoms with Crippen molar-refractivity contribution in [3.05, 3.63) is 47.0 Å². The van der Waals surface area contributed by atoms with E-state index >= 15 is 0 Å². The van der Waals surface area contributed by atoms with Crippen molar-refractivity contribution >= 4 is 5.96 Å². The number of hydrogen-bond donors (Lipinski definition) is 1. The van der Waals surface area contributed by atoms with Crippen molar-refractivity contribution in [2.75, 3.05) is 13.1 Å². The number of aryl methyl sites for hydroxylation is 1. The molecule has 2 aliphatic rings. The van der Waals surface area contributed by atoms with Crippen molar-refractivity contribution in [1.82, 2.24) is 25.0 Å². The average Bonchev–Trinajstić information content (AvgIpc) is 2.91. The summed E-state index contributed by atoms with van der Waals surface area (Å²) in [4.78, 5) is 7.25. The molecule has 0 unspecified atom stereocenters. The minimum Gasteiger partial charge on any atom is -0.356 e. The molecule has 3 heterocycles. The maximum atomic E-state index is 4.90. The molecule has 0 saturated heterocycles. The monoisotopic (exact) mass is 352 g/mol. The molecule has 0 amide bonds. The van der Waals surface area contributed by atoms with Gasteiger partial charge in [-0.2, -0.15) is 0 Å². The predicted octanol–water partition coefficient (Wildman–Crippen LogP) is 2.53. The average molecular weight is 352 g/mol. The van der Waals surface area contributed by atoms with E-state index in [0.717, 1.165) is 56.6 Å². The summed E-state index contributed by atoms with van der Waals surface area (Å²) in [5.74, 6) is 3.10. The number of benzene rings is 1. The van der Waals surface area contributed by atoms with Crippen LogP contribution in [0.15, 0.2) is 29.3 Å². The second kappa shape index (κ2) is 7.89. The molecule has 1 N–H and O–H groups in total. The lowest BCUT2D eigenvalue weighted by molar-refractivity contribution is 0.378. The van der Waals surface area contributed by atoms with Gasteiger partial charge < -0.3 is 14.8 Å². The zero-order valence-corrected chi connectivity index (χ0v) is 15.6. The van der Waals surface area contributed by atoms with E-state index in [1.54, 1.807) is 0 Å². The van der Waals surface area contributed by atoms with Crippen LogP contribution in [-0.4, -0.2) is 38.7 Å². The summed E-state index contributed by atoms with van der Waals surface area (Å²) in [5, 5.41) is 12.3. The van der Waals surface area contributed by atoms with Gasteiger partial charge in [0.15, 0.2) is 11.8 Å². The van der Waals surface area contributed by atoms with Crippen LogP contribution in [0, 0.1) is 0 Å². The van der Waals surface area contributed by atoms with E-state index in [0.29, 0.717) is 6.54 Å². The SMILES string of the molecule is CCNC(=NCc1nnc2n1CCCCC2)N1CCc2ccccc2C1. The minimum atomic E-state index is 0.591. The van der Waals surface area contributed by atoms with Crippen LogP contribution < -0.4 is 5.32 Å².